The molecule has 2 atom stereocenters. The number of ether oxygens (including phenoxy) is 3. The molecule has 0 heterocycles. The van der Waals surface area contributed by atoms with Crippen LogP contribution in [0.3, 0.4) is 0 Å². The molecule has 12 heteroatoms. The first-order valence-corrected chi connectivity index (χ1v) is 12.7. The van der Waals surface area contributed by atoms with Crippen LogP contribution < -0.4 is 16.4 Å². The van der Waals surface area contributed by atoms with Gasteiger partial charge in [-0.05, 0) is 26.5 Å². The van der Waals surface area contributed by atoms with Crippen molar-refractivity contribution in [3.8, 4) is 0 Å². The monoisotopic (exact) mass is 540 g/mol. The van der Waals surface area contributed by atoms with E-state index < -0.39 is 6.10 Å². The highest BCUT2D eigenvalue weighted by molar-refractivity contribution is 5.93. The number of nitrogens with zero attached hydrogens (tertiary/aromatic N) is 1. The molecule has 0 aliphatic heterocycles. The molecular formula is C26H44N4O8. The van der Waals surface area contributed by atoms with Gasteiger partial charge in [0.2, 0.25) is 18.7 Å². The average Bonchev–Trinajstić information content (AvgIpc) is 2.91. The molecule has 0 saturated heterocycles. The van der Waals surface area contributed by atoms with Gasteiger partial charge in [0.25, 0.3) is 0 Å². The van der Waals surface area contributed by atoms with E-state index in [1.165, 1.54) is 0 Å². The standard InChI is InChI=1S/C24H41N3O6.C2H3NO2/c1-4-6-19(2)27(3)16-22-20(17-28)7-5-8-23(22)26-24(30)9-10-31-11-12-32-13-14-33-18-21(29)15-25;4-1-3-2-5/h5,7-8,17,19,21,29H,4,6,9-16,18,25H2,1-3H3,(H,26,30);1-2H,(H,3,4,5). The smallest absolute Gasteiger partial charge is 0.226 e. The lowest BCUT2D eigenvalue weighted by Gasteiger charge is -2.26. The summed E-state index contributed by atoms with van der Waals surface area (Å²) >= 11 is 0. The lowest BCUT2D eigenvalue weighted by atomic mass is 10.0. The van der Waals surface area contributed by atoms with Crippen molar-refractivity contribution in [1.29, 1.82) is 0 Å². The van der Waals surface area contributed by atoms with E-state index in [-0.39, 0.29) is 32.1 Å². The van der Waals surface area contributed by atoms with Crippen LogP contribution in [0.5, 0.6) is 0 Å². The summed E-state index contributed by atoms with van der Waals surface area (Å²) in [6.07, 6.45) is 3.15. The number of imide groups is 1. The third kappa shape index (κ3) is 16.9. The predicted molar refractivity (Wildman–Crippen MR) is 144 cm³/mol. The SMILES string of the molecule is CCCC(C)N(C)Cc1c(C=O)cccc1NC(=O)CCOCCOCCOCC(O)CN.O=CNC=O. The normalized spacial score (nSPS) is 12.2. The maximum atomic E-state index is 12.4. The molecule has 216 valence electrons. The van der Waals surface area contributed by atoms with Crippen molar-refractivity contribution >= 4 is 30.7 Å². The third-order valence-electron chi connectivity index (χ3n) is 5.42. The Morgan fingerprint density at radius 3 is 2.26 bits per heavy atom. The van der Waals surface area contributed by atoms with Gasteiger partial charge in [-0.25, -0.2) is 0 Å². The number of carbonyl (C=O) groups is 4. The van der Waals surface area contributed by atoms with Crippen molar-refractivity contribution in [3.05, 3.63) is 29.3 Å². The van der Waals surface area contributed by atoms with Crippen LogP contribution in [0.2, 0.25) is 0 Å². The van der Waals surface area contributed by atoms with Gasteiger partial charge in [-0.3, -0.25) is 24.1 Å². The molecule has 0 aromatic heterocycles. The first-order chi connectivity index (χ1) is 18.3. The summed E-state index contributed by atoms with van der Waals surface area (Å²) in [6, 6.07) is 5.73. The van der Waals surface area contributed by atoms with Crippen molar-refractivity contribution in [2.75, 3.05) is 58.6 Å². The summed E-state index contributed by atoms with van der Waals surface area (Å²) in [4.78, 5) is 44.3. The molecule has 0 saturated carbocycles. The zero-order chi connectivity index (χ0) is 28.6. The first kappa shape index (κ1) is 35.3. The molecule has 0 aliphatic rings. The van der Waals surface area contributed by atoms with Crippen molar-refractivity contribution in [2.24, 2.45) is 5.73 Å². The number of benzene rings is 1. The number of hydrogen-bond acceptors (Lipinski definition) is 10. The fourth-order valence-electron chi connectivity index (χ4n) is 3.18. The number of anilines is 1. The molecule has 1 aromatic rings. The van der Waals surface area contributed by atoms with E-state index >= 15 is 0 Å². The van der Waals surface area contributed by atoms with Crippen LogP contribution in [0.1, 0.15) is 49.0 Å². The van der Waals surface area contributed by atoms with E-state index in [1.807, 2.05) is 13.1 Å². The van der Waals surface area contributed by atoms with Gasteiger partial charge >= 0.3 is 0 Å². The van der Waals surface area contributed by atoms with E-state index in [0.717, 1.165) is 24.7 Å². The highest BCUT2D eigenvalue weighted by Gasteiger charge is 2.16. The van der Waals surface area contributed by atoms with Crippen molar-refractivity contribution in [1.82, 2.24) is 10.2 Å². The Balaban J connectivity index is 0.00000249. The molecule has 0 aliphatic carbocycles. The second-order valence-corrected chi connectivity index (χ2v) is 8.43. The van der Waals surface area contributed by atoms with Crippen molar-refractivity contribution in [2.45, 2.75) is 51.8 Å². The van der Waals surface area contributed by atoms with Crippen molar-refractivity contribution < 1.29 is 38.5 Å². The van der Waals surface area contributed by atoms with Gasteiger partial charge in [0, 0.05) is 35.9 Å². The lowest BCUT2D eigenvalue weighted by Crippen LogP contribution is -2.29. The van der Waals surface area contributed by atoms with Crippen LogP contribution in [0.15, 0.2) is 18.2 Å². The molecule has 12 nitrogen and oxygen atoms in total. The molecule has 3 amide bonds. The van der Waals surface area contributed by atoms with Gasteiger partial charge in [-0.1, -0.05) is 25.5 Å². The average molecular weight is 541 g/mol. The molecule has 0 fully saturated rings. The summed E-state index contributed by atoms with van der Waals surface area (Å²) in [7, 11) is 2.03. The maximum absolute atomic E-state index is 12.4. The van der Waals surface area contributed by atoms with Crippen LogP contribution in [-0.2, 0) is 35.1 Å². The second kappa shape index (κ2) is 23.4. The molecule has 38 heavy (non-hydrogen) atoms. The summed E-state index contributed by atoms with van der Waals surface area (Å²) in [6.45, 7) is 7.02. The number of aliphatic hydroxyl groups is 1. The Hall–Kier alpha value is -2.74. The van der Waals surface area contributed by atoms with Gasteiger partial charge in [0.15, 0.2) is 0 Å². The Kier molecular flexibility index (Phi) is 21.7. The minimum absolute atomic E-state index is 0.168. The van der Waals surface area contributed by atoms with Crippen LogP contribution in [0.25, 0.3) is 0 Å². The highest BCUT2D eigenvalue weighted by atomic mass is 16.5. The summed E-state index contributed by atoms with van der Waals surface area (Å²) < 4.78 is 16.0. The second-order valence-electron chi connectivity index (χ2n) is 8.43. The van der Waals surface area contributed by atoms with E-state index in [9.17, 15) is 14.7 Å². The molecule has 0 radical (unpaired) electrons. The van der Waals surface area contributed by atoms with Gasteiger partial charge in [-0.2, -0.15) is 0 Å². The van der Waals surface area contributed by atoms with E-state index in [2.05, 4.69) is 24.1 Å². The number of carbonyl (C=O) groups excluding carboxylic acids is 4. The summed E-state index contributed by atoms with van der Waals surface area (Å²) in [5.74, 6) is -0.170. The van der Waals surface area contributed by atoms with Gasteiger partial charge < -0.3 is 35.7 Å². The van der Waals surface area contributed by atoms with Crippen LogP contribution in [-0.4, -0.2) is 100 Å². The van der Waals surface area contributed by atoms with Crippen LogP contribution in [0, 0.1) is 0 Å². The van der Waals surface area contributed by atoms with Gasteiger partial charge in [0.1, 0.15) is 6.29 Å². The maximum Gasteiger partial charge on any atom is 0.226 e. The molecule has 0 bridgehead atoms. The fraction of sp³-hybridized carbons (Fsp3) is 0.615. The van der Waals surface area contributed by atoms with Crippen LogP contribution in [0.4, 0.5) is 5.69 Å². The number of aldehydes is 1. The fourth-order valence-corrected chi connectivity index (χ4v) is 3.18. The van der Waals surface area contributed by atoms with E-state index in [4.69, 9.17) is 29.5 Å². The van der Waals surface area contributed by atoms with Crippen molar-refractivity contribution in [3.63, 3.8) is 0 Å². The third-order valence-corrected chi connectivity index (χ3v) is 5.42. The molecule has 5 N–H and O–H groups in total. The van der Waals surface area contributed by atoms with Crippen LogP contribution >= 0.6 is 0 Å². The molecule has 0 spiro atoms. The molecular weight excluding hydrogens is 496 g/mol. The lowest BCUT2D eigenvalue weighted by molar-refractivity contribution is -0.118. The molecule has 1 aromatic carbocycles. The number of nitrogens with two attached hydrogens (primary N) is 1. The van der Waals surface area contributed by atoms with Gasteiger partial charge in [0.05, 0.1) is 52.2 Å². The zero-order valence-electron chi connectivity index (χ0n) is 22.7. The molecule has 2 unspecified atom stereocenters. The Morgan fingerprint density at radius 2 is 1.71 bits per heavy atom. The number of aliphatic hydroxyl groups excluding tert-OH is 1. The zero-order valence-corrected chi connectivity index (χ0v) is 22.7. The first-order valence-electron chi connectivity index (χ1n) is 12.7. The number of amides is 3. The Bertz CT molecular complexity index is 791. The minimum atomic E-state index is -0.651. The summed E-state index contributed by atoms with van der Waals surface area (Å²) in [5.41, 5.74) is 7.34. The minimum Gasteiger partial charge on any atom is -0.389 e. The van der Waals surface area contributed by atoms with Gasteiger partial charge in [-0.15, -0.1) is 0 Å². The Labute approximate surface area is 225 Å². The highest BCUT2D eigenvalue weighted by Crippen LogP contribution is 2.22. The summed E-state index contributed by atoms with van der Waals surface area (Å²) in [5, 5.41) is 13.9. The molecule has 1 rings (SSSR count). The largest absolute Gasteiger partial charge is 0.389 e. The Morgan fingerprint density at radius 1 is 1.08 bits per heavy atom. The topological polar surface area (TPSA) is 170 Å². The predicted octanol–water partition coefficient (Wildman–Crippen LogP) is 0.706. The quantitative estimate of drug-likeness (QED) is 0.129. The number of hydrogen-bond donors (Lipinski definition) is 4. The number of rotatable bonds is 21. The van der Waals surface area contributed by atoms with E-state index in [0.29, 0.717) is 63.1 Å². The van der Waals surface area contributed by atoms with E-state index in [1.54, 1.807) is 17.4 Å². The number of nitrogens with one attached hydrogen (secondary N) is 2.